The van der Waals surface area contributed by atoms with Crippen LogP contribution in [0.3, 0.4) is 0 Å². The van der Waals surface area contributed by atoms with Crippen molar-refractivity contribution in [1.82, 2.24) is 9.78 Å². The molecule has 144 valence electrons. The van der Waals surface area contributed by atoms with Crippen molar-refractivity contribution in [2.75, 3.05) is 12.4 Å². The number of nitrogens with one attached hydrogen (secondary N) is 1. The lowest BCUT2D eigenvalue weighted by atomic mass is 10.2. The van der Waals surface area contributed by atoms with Crippen molar-refractivity contribution in [3.8, 4) is 0 Å². The summed E-state index contributed by atoms with van der Waals surface area (Å²) in [6, 6.07) is 4.50. The van der Waals surface area contributed by atoms with Crippen molar-refractivity contribution < 1.29 is 14.3 Å². The predicted molar refractivity (Wildman–Crippen MR) is 107 cm³/mol. The molecule has 0 bridgehead atoms. The third kappa shape index (κ3) is 5.34. The molecule has 0 saturated carbocycles. The van der Waals surface area contributed by atoms with E-state index < -0.39 is 11.9 Å². The van der Waals surface area contributed by atoms with Crippen LogP contribution in [-0.4, -0.2) is 28.8 Å². The molecule has 0 fully saturated rings. The minimum atomic E-state index is -0.514. The molecule has 27 heavy (non-hydrogen) atoms. The summed E-state index contributed by atoms with van der Waals surface area (Å²) in [4.78, 5) is 23.9. The first-order valence-corrected chi connectivity index (χ1v) is 9.22. The molecular weight excluding hydrogens is 389 g/mol. The molecule has 8 heteroatoms. The molecule has 1 aromatic heterocycles. The first kappa shape index (κ1) is 21.0. The van der Waals surface area contributed by atoms with E-state index in [1.54, 1.807) is 10.8 Å². The minimum absolute atomic E-state index is 0.289. The van der Waals surface area contributed by atoms with Gasteiger partial charge in [0, 0.05) is 18.2 Å². The zero-order valence-electron chi connectivity index (χ0n) is 15.4. The SMILES string of the molecule is CCCCn1nc(C)c(/C=C/C(=O)Nc2cc(C(=O)OC)ccc2Cl)c1Cl. The maximum Gasteiger partial charge on any atom is 0.337 e. The average Bonchev–Trinajstić information content (AvgIpc) is 2.92. The molecule has 0 spiro atoms. The number of benzene rings is 1. The van der Waals surface area contributed by atoms with E-state index >= 15 is 0 Å². The second-order valence-corrected chi connectivity index (χ2v) is 6.64. The monoisotopic (exact) mass is 409 g/mol. The van der Waals surface area contributed by atoms with Crippen molar-refractivity contribution in [2.45, 2.75) is 33.2 Å². The third-order valence-electron chi connectivity index (χ3n) is 3.88. The lowest BCUT2D eigenvalue weighted by molar-refractivity contribution is -0.111. The van der Waals surface area contributed by atoms with Gasteiger partial charge < -0.3 is 10.1 Å². The topological polar surface area (TPSA) is 73.2 Å². The molecule has 0 radical (unpaired) electrons. The Bertz CT molecular complexity index is 875. The van der Waals surface area contributed by atoms with Crippen molar-refractivity contribution in [1.29, 1.82) is 0 Å². The van der Waals surface area contributed by atoms with E-state index in [1.807, 2.05) is 6.92 Å². The van der Waals surface area contributed by atoms with Gasteiger partial charge in [0.25, 0.3) is 0 Å². The molecule has 6 nitrogen and oxygen atoms in total. The molecule has 0 unspecified atom stereocenters. The summed E-state index contributed by atoms with van der Waals surface area (Å²) in [5.74, 6) is -0.921. The second kappa shape index (κ2) is 9.58. The van der Waals surface area contributed by atoms with Gasteiger partial charge in [0.1, 0.15) is 5.15 Å². The Kier molecular flexibility index (Phi) is 7.45. The summed E-state index contributed by atoms with van der Waals surface area (Å²) < 4.78 is 6.40. The third-order valence-corrected chi connectivity index (χ3v) is 4.61. The standard InChI is InChI=1S/C19H21Cl2N3O3/c1-4-5-10-24-18(21)14(12(2)23-24)7-9-17(25)22-16-11-13(19(26)27-3)6-8-15(16)20/h6-9,11H,4-5,10H2,1-3H3,(H,22,25)/b9-7+. The number of carbonyl (C=O) groups is 2. The highest BCUT2D eigenvalue weighted by molar-refractivity contribution is 6.34. The largest absolute Gasteiger partial charge is 0.465 e. The predicted octanol–water partition coefficient (Wildman–Crippen LogP) is 4.74. The van der Waals surface area contributed by atoms with E-state index in [0.29, 0.717) is 21.4 Å². The minimum Gasteiger partial charge on any atom is -0.465 e. The van der Waals surface area contributed by atoms with Gasteiger partial charge in [0.05, 0.1) is 29.1 Å². The number of halogens is 2. The van der Waals surface area contributed by atoms with Crippen LogP contribution in [0.15, 0.2) is 24.3 Å². The summed E-state index contributed by atoms with van der Waals surface area (Å²) >= 11 is 12.4. The van der Waals surface area contributed by atoms with E-state index in [0.717, 1.165) is 25.1 Å². The highest BCUT2D eigenvalue weighted by Crippen LogP contribution is 2.24. The fourth-order valence-corrected chi connectivity index (χ4v) is 2.90. The number of anilines is 1. The number of amides is 1. The number of hydrogen-bond acceptors (Lipinski definition) is 4. The summed E-state index contributed by atoms with van der Waals surface area (Å²) in [5.41, 5.74) is 2.04. The molecule has 0 aliphatic carbocycles. The number of esters is 1. The molecule has 1 heterocycles. The molecule has 2 rings (SSSR count). The highest BCUT2D eigenvalue weighted by Gasteiger charge is 2.12. The summed E-state index contributed by atoms with van der Waals surface area (Å²) in [7, 11) is 1.28. The molecule has 1 N–H and O–H groups in total. The van der Waals surface area contributed by atoms with E-state index in [1.165, 1.54) is 31.4 Å². The number of hydrogen-bond donors (Lipinski definition) is 1. The first-order valence-electron chi connectivity index (χ1n) is 8.47. The Balaban J connectivity index is 2.14. The lowest BCUT2D eigenvalue weighted by Gasteiger charge is -2.07. The molecular formula is C19H21Cl2N3O3. The van der Waals surface area contributed by atoms with Crippen LogP contribution in [-0.2, 0) is 16.1 Å². The fourth-order valence-electron chi connectivity index (χ4n) is 2.41. The van der Waals surface area contributed by atoms with E-state index in [4.69, 9.17) is 23.2 Å². The zero-order chi connectivity index (χ0) is 20.0. The second-order valence-electron chi connectivity index (χ2n) is 5.88. The van der Waals surface area contributed by atoms with Gasteiger partial charge in [0.2, 0.25) is 5.91 Å². The average molecular weight is 410 g/mol. The van der Waals surface area contributed by atoms with Gasteiger partial charge in [0.15, 0.2) is 0 Å². The van der Waals surface area contributed by atoms with Crippen LogP contribution in [0.2, 0.25) is 10.2 Å². The Morgan fingerprint density at radius 1 is 1.33 bits per heavy atom. The molecule has 1 aromatic carbocycles. The summed E-state index contributed by atoms with van der Waals surface area (Å²) in [6.07, 6.45) is 4.97. The van der Waals surface area contributed by atoms with Gasteiger partial charge in [-0.3, -0.25) is 9.48 Å². The maximum absolute atomic E-state index is 12.2. The Hall–Kier alpha value is -2.31. The number of nitrogens with zero attached hydrogens (tertiary/aromatic N) is 2. The number of methoxy groups -OCH3 is 1. The van der Waals surface area contributed by atoms with Crippen LogP contribution >= 0.6 is 23.2 Å². The summed E-state index contributed by atoms with van der Waals surface area (Å²) in [6.45, 7) is 4.66. The quantitative estimate of drug-likeness (QED) is 0.529. The molecule has 0 atom stereocenters. The number of ether oxygens (including phenoxy) is 1. The van der Waals surface area contributed by atoms with Crippen LogP contribution in [0.5, 0.6) is 0 Å². The highest BCUT2D eigenvalue weighted by atomic mass is 35.5. The number of rotatable bonds is 7. The number of aromatic nitrogens is 2. The smallest absolute Gasteiger partial charge is 0.337 e. The number of unbranched alkanes of at least 4 members (excludes halogenated alkanes) is 1. The van der Waals surface area contributed by atoms with E-state index in [9.17, 15) is 9.59 Å². The van der Waals surface area contributed by atoms with Crippen LogP contribution in [0.4, 0.5) is 5.69 Å². The van der Waals surface area contributed by atoms with Crippen LogP contribution in [0.1, 0.15) is 41.4 Å². The maximum atomic E-state index is 12.2. The molecule has 1 amide bonds. The van der Waals surface area contributed by atoms with Gasteiger partial charge in [-0.25, -0.2) is 4.79 Å². The number of aryl methyl sites for hydroxylation is 2. The Morgan fingerprint density at radius 2 is 2.07 bits per heavy atom. The van der Waals surface area contributed by atoms with Crippen molar-refractivity contribution in [3.05, 3.63) is 51.3 Å². The van der Waals surface area contributed by atoms with Gasteiger partial charge in [-0.2, -0.15) is 5.10 Å². The van der Waals surface area contributed by atoms with Crippen LogP contribution in [0.25, 0.3) is 6.08 Å². The molecule has 2 aromatic rings. The van der Waals surface area contributed by atoms with E-state index in [-0.39, 0.29) is 5.56 Å². The molecule has 0 saturated heterocycles. The van der Waals surface area contributed by atoms with Crippen molar-refractivity contribution >= 4 is 46.8 Å². The fraction of sp³-hybridized carbons (Fsp3) is 0.316. The number of carbonyl (C=O) groups excluding carboxylic acids is 2. The van der Waals surface area contributed by atoms with E-state index in [2.05, 4.69) is 22.1 Å². The lowest BCUT2D eigenvalue weighted by Crippen LogP contribution is -2.10. The van der Waals surface area contributed by atoms with Gasteiger partial charge in [-0.15, -0.1) is 0 Å². The van der Waals surface area contributed by atoms with Crippen LogP contribution in [0, 0.1) is 6.92 Å². The molecule has 0 aliphatic heterocycles. The normalized spacial score (nSPS) is 11.0. The zero-order valence-corrected chi connectivity index (χ0v) is 16.9. The summed E-state index contributed by atoms with van der Waals surface area (Å²) in [5, 5.41) is 7.84. The first-order chi connectivity index (χ1) is 12.9. The van der Waals surface area contributed by atoms with Crippen LogP contribution < -0.4 is 5.32 Å². The van der Waals surface area contributed by atoms with Gasteiger partial charge in [-0.1, -0.05) is 36.5 Å². The van der Waals surface area contributed by atoms with Gasteiger partial charge in [-0.05, 0) is 37.6 Å². The van der Waals surface area contributed by atoms with Crippen molar-refractivity contribution in [3.63, 3.8) is 0 Å². The van der Waals surface area contributed by atoms with Gasteiger partial charge >= 0.3 is 5.97 Å². The van der Waals surface area contributed by atoms with Crippen molar-refractivity contribution in [2.24, 2.45) is 0 Å². The Morgan fingerprint density at radius 3 is 2.74 bits per heavy atom. The Labute approximate surface area is 168 Å². The molecule has 0 aliphatic rings.